The second-order valence-corrected chi connectivity index (χ2v) is 4.17. The highest BCUT2D eigenvalue weighted by molar-refractivity contribution is 9.10. The third-order valence-electron chi connectivity index (χ3n) is 1.92. The lowest BCUT2D eigenvalue weighted by atomic mass is 10.1. The van der Waals surface area contributed by atoms with Gasteiger partial charge in [0.2, 0.25) is 0 Å². The second kappa shape index (κ2) is 5.63. The number of halogens is 2. The van der Waals surface area contributed by atoms with Crippen LogP contribution in [0.3, 0.4) is 0 Å². The molecule has 0 heterocycles. The first-order chi connectivity index (χ1) is 6.25. The van der Waals surface area contributed by atoms with Crippen molar-refractivity contribution < 1.29 is 0 Å². The monoisotopic (exact) mass is 261 g/mol. The predicted molar refractivity (Wildman–Crippen MR) is 61.4 cm³/mol. The Bertz CT molecular complexity index is 255. The molecule has 0 aliphatic carbocycles. The molecule has 0 radical (unpaired) electrons. The van der Waals surface area contributed by atoms with Crippen molar-refractivity contribution in [2.45, 2.75) is 12.8 Å². The van der Waals surface area contributed by atoms with Crippen molar-refractivity contribution in [2.24, 2.45) is 0 Å². The van der Waals surface area contributed by atoms with E-state index in [-0.39, 0.29) is 0 Å². The molecule has 3 heteroatoms. The van der Waals surface area contributed by atoms with Crippen molar-refractivity contribution in [3.63, 3.8) is 0 Å². The van der Waals surface area contributed by atoms with E-state index in [1.165, 1.54) is 5.56 Å². The van der Waals surface area contributed by atoms with Crippen LogP contribution in [0.2, 0.25) is 5.02 Å². The molecule has 1 nitrogen and oxygen atoms in total. The van der Waals surface area contributed by atoms with Gasteiger partial charge in [0.05, 0.1) is 0 Å². The fraction of sp³-hybridized carbons (Fsp3) is 0.400. The Labute approximate surface area is 92.6 Å². The van der Waals surface area contributed by atoms with Crippen LogP contribution in [0, 0.1) is 0 Å². The summed E-state index contributed by atoms with van der Waals surface area (Å²) in [6.07, 6.45) is 2.12. The van der Waals surface area contributed by atoms with Gasteiger partial charge in [0.1, 0.15) is 0 Å². The molecule has 0 spiro atoms. The Kier molecular flexibility index (Phi) is 4.78. The zero-order chi connectivity index (χ0) is 9.68. The number of hydrogen-bond acceptors (Lipinski definition) is 1. The Morgan fingerprint density at radius 3 is 2.85 bits per heavy atom. The van der Waals surface area contributed by atoms with E-state index in [1.54, 1.807) is 0 Å². The number of hydrogen-bond donors (Lipinski definition) is 1. The summed E-state index contributed by atoms with van der Waals surface area (Å²) in [6.45, 7) is 1.03. The van der Waals surface area contributed by atoms with Crippen LogP contribution in [-0.4, -0.2) is 13.6 Å². The first-order valence-electron chi connectivity index (χ1n) is 4.33. The first-order valence-corrected chi connectivity index (χ1v) is 5.50. The van der Waals surface area contributed by atoms with Crippen molar-refractivity contribution in [3.05, 3.63) is 33.3 Å². The molecule has 1 N–H and O–H groups in total. The van der Waals surface area contributed by atoms with Gasteiger partial charge in [-0.2, -0.15) is 0 Å². The van der Waals surface area contributed by atoms with E-state index in [9.17, 15) is 0 Å². The van der Waals surface area contributed by atoms with Gasteiger partial charge in [0.15, 0.2) is 0 Å². The van der Waals surface area contributed by atoms with Crippen LogP contribution in [0.25, 0.3) is 0 Å². The zero-order valence-corrected chi connectivity index (χ0v) is 9.95. The van der Waals surface area contributed by atoms with Gasteiger partial charge in [-0.25, -0.2) is 0 Å². The fourth-order valence-corrected chi connectivity index (χ4v) is 2.16. The molecule has 0 unspecified atom stereocenters. The minimum absolute atomic E-state index is 0.852. The molecule has 1 aromatic rings. The predicted octanol–water partition coefficient (Wildman–Crippen LogP) is 3.25. The maximum atomic E-state index is 6.06. The van der Waals surface area contributed by atoms with Crippen LogP contribution in [0.15, 0.2) is 22.7 Å². The summed E-state index contributed by atoms with van der Waals surface area (Å²) < 4.78 is 1.11. The molecule has 1 rings (SSSR count). The number of benzene rings is 1. The highest BCUT2D eigenvalue weighted by atomic mass is 79.9. The lowest BCUT2D eigenvalue weighted by Crippen LogP contribution is -2.08. The van der Waals surface area contributed by atoms with E-state index in [1.807, 2.05) is 25.2 Å². The topological polar surface area (TPSA) is 12.0 Å². The standard InChI is InChI=1S/C10H13BrClN/c1-13-7-3-4-8-9(11)5-2-6-10(8)12/h2,5-6,13H,3-4,7H2,1H3. The maximum Gasteiger partial charge on any atom is 0.0449 e. The van der Waals surface area contributed by atoms with Gasteiger partial charge in [-0.3, -0.25) is 0 Å². The average Bonchev–Trinajstić information content (AvgIpc) is 2.10. The molecule has 1 aromatic carbocycles. The lowest BCUT2D eigenvalue weighted by Gasteiger charge is -2.06. The summed E-state index contributed by atoms with van der Waals surface area (Å²) in [6, 6.07) is 5.91. The molecular formula is C10H13BrClN. The van der Waals surface area contributed by atoms with E-state index in [4.69, 9.17) is 11.6 Å². The molecule has 0 amide bonds. The van der Waals surface area contributed by atoms with Crippen molar-refractivity contribution in [2.75, 3.05) is 13.6 Å². The van der Waals surface area contributed by atoms with Gasteiger partial charge >= 0.3 is 0 Å². The molecule has 0 atom stereocenters. The number of nitrogens with one attached hydrogen (secondary N) is 1. The molecule has 0 saturated heterocycles. The van der Waals surface area contributed by atoms with Gasteiger partial charge in [-0.15, -0.1) is 0 Å². The van der Waals surface area contributed by atoms with Gasteiger partial charge in [-0.05, 0) is 44.1 Å². The molecule has 0 aromatic heterocycles. The molecule has 0 aliphatic rings. The average molecular weight is 263 g/mol. The van der Waals surface area contributed by atoms with E-state index < -0.39 is 0 Å². The van der Waals surface area contributed by atoms with Gasteiger partial charge in [-0.1, -0.05) is 33.6 Å². The Morgan fingerprint density at radius 2 is 2.23 bits per heavy atom. The summed E-state index contributed by atoms with van der Waals surface area (Å²) in [5, 5.41) is 3.97. The highest BCUT2D eigenvalue weighted by Gasteiger charge is 2.03. The van der Waals surface area contributed by atoms with Crippen LogP contribution in [0.4, 0.5) is 0 Å². The second-order valence-electron chi connectivity index (χ2n) is 2.91. The van der Waals surface area contributed by atoms with E-state index >= 15 is 0 Å². The summed E-state index contributed by atoms with van der Waals surface area (Å²) >= 11 is 9.55. The van der Waals surface area contributed by atoms with Crippen LogP contribution >= 0.6 is 27.5 Å². The third-order valence-corrected chi connectivity index (χ3v) is 3.01. The SMILES string of the molecule is CNCCCc1c(Cl)cccc1Br. The van der Waals surface area contributed by atoms with Crippen molar-refractivity contribution in [3.8, 4) is 0 Å². The molecular weight excluding hydrogens is 249 g/mol. The summed E-state index contributed by atoms with van der Waals surface area (Å²) in [5.41, 5.74) is 1.21. The van der Waals surface area contributed by atoms with Crippen LogP contribution in [-0.2, 0) is 6.42 Å². The van der Waals surface area contributed by atoms with E-state index in [0.29, 0.717) is 0 Å². The van der Waals surface area contributed by atoms with Crippen LogP contribution in [0.5, 0.6) is 0 Å². The van der Waals surface area contributed by atoms with E-state index in [2.05, 4.69) is 21.2 Å². The molecule has 0 fully saturated rings. The molecule has 0 bridgehead atoms. The molecule has 0 aliphatic heterocycles. The van der Waals surface area contributed by atoms with Crippen LogP contribution in [0.1, 0.15) is 12.0 Å². The lowest BCUT2D eigenvalue weighted by molar-refractivity contribution is 0.723. The Balaban J connectivity index is 2.64. The normalized spacial score (nSPS) is 10.4. The van der Waals surface area contributed by atoms with Crippen molar-refractivity contribution in [1.29, 1.82) is 0 Å². The highest BCUT2D eigenvalue weighted by Crippen LogP contribution is 2.25. The van der Waals surface area contributed by atoms with Crippen LogP contribution < -0.4 is 5.32 Å². The van der Waals surface area contributed by atoms with Gasteiger partial charge < -0.3 is 5.32 Å². The minimum Gasteiger partial charge on any atom is -0.320 e. The van der Waals surface area contributed by atoms with Crippen molar-refractivity contribution in [1.82, 2.24) is 5.32 Å². The zero-order valence-electron chi connectivity index (χ0n) is 7.61. The summed E-state index contributed by atoms with van der Waals surface area (Å²) in [4.78, 5) is 0. The summed E-state index contributed by atoms with van der Waals surface area (Å²) in [7, 11) is 1.96. The minimum atomic E-state index is 0.852. The van der Waals surface area contributed by atoms with Gasteiger partial charge in [0.25, 0.3) is 0 Å². The largest absolute Gasteiger partial charge is 0.320 e. The smallest absolute Gasteiger partial charge is 0.0449 e. The molecule has 0 saturated carbocycles. The molecule has 13 heavy (non-hydrogen) atoms. The molecule has 72 valence electrons. The number of rotatable bonds is 4. The van der Waals surface area contributed by atoms with Crippen molar-refractivity contribution >= 4 is 27.5 Å². The van der Waals surface area contributed by atoms with E-state index in [0.717, 1.165) is 28.9 Å². The Hall–Kier alpha value is -0.0500. The first kappa shape index (κ1) is 11.0. The Morgan fingerprint density at radius 1 is 1.46 bits per heavy atom. The third kappa shape index (κ3) is 3.29. The van der Waals surface area contributed by atoms with Gasteiger partial charge in [0, 0.05) is 9.50 Å². The fourth-order valence-electron chi connectivity index (χ4n) is 1.21. The quantitative estimate of drug-likeness (QED) is 0.822. The maximum absolute atomic E-state index is 6.06. The summed E-state index contributed by atoms with van der Waals surface area (Å²) in [5.74, 6) is 0.